The minimum atomic E-state index is -0.744. The maximum atomic E-state index is 14.1. The highest BCUT2D eigenvalue weighted by Gasteiger charge is 2.35. The number of carbonyl (C=O) groups is 1. The fraction of sp³-hybridized carbons (Fsp3) is 0.156. The summed E-state index contributed by atoms with van der Waals surface area (Å²) in [5.41, 5.74) is 2.89. The van der Waals surface area contributed by atoms with E-state index in [0.717, 1.165) is 21.7 Å². The molecule has 222 valence electrons. The van der Waals surface area contributed by atoms with Crippen LogP contribution in [0.5, 0.6) is 0 Å². The van der Waals surface area contributed by atoms with E-state index in [2.05, 4.69) is 25.9 Å². The number of furan rings is 1. The number of aromatic nitrogens is 3. The molecular weight excluding hydrogens is 680 g/mol. The average molecular weight is 706 g/mol. The number of nitrogens with zero attached hydrogens (tertiary/aromatic N) is 4. The molecule has 1 atom stereocenters. The molecule has 4 heterocycles. The third kappa shape index (κ3) is 6.12. The highest BCUT2D eigenvalue weighted by molar-refractivity contribution is 9.10. The smallest absolute Gasteiger partial charge is 0.338 e. The van der Waals surface area contributed by atoms with Gasteiger partial charge in [0.25, 0.3) is 5.56 Å². The van der Waals surface area contributed by atoms with Crippen LogP contribution in [0.25, 0.3) is 11.8 Å². The van der Waals surface area contributed by atoms with Gasteiger partial charge in [0.05, 0.1) is 32.9 Å². The number of hydrogen-bond acceptors (Lipinski definition) is 10. The summed E-state index contributed by atoms with van der Waals surface area (Å²) < 4.78 is 14.3. The molecule has 0 unspecified atom stereocenters. The van der Waals surface area contributed by atoms with Gasteiger partial charge in [-0.1, -0.05) is 53.8 Å². The van der Waals surface area contributed by atoms with Gasteiger partial charge < -0.3 is 9.15 Å². The Labute approximate surface area is 273 Å². The Balaban J connectivity index is 1.52. The summed E-state index contributed by atoms with van der Waals surface area (Å²) in [5.74, 6) is -0.0376. The summed E-state index contributed by atoms with van der Waals surface area (Å²) in [7, 11) is 0. The monoisotopic (exact) mass is 704 g/mol. The number of rotatable bonds is 8. The minimum Gasteiger partial charge on any atom is -0.463 e. The highest BCUT2D eigenvalue weighted by Crippen LogP contribution is 2.36. The first-order valence-electron chi connectivity index (χ1n) is 13.6. The Kier molecular flexibility index (Phi) is 9.03. The van der Waals surface area contributed by atoms with E-state index in [1.165, 1.54) is 23.1 Å². The van der Waals surface area contributed by atoms with E-state index >= 15 is 0 Å². The number of esters is 1. The third-order valence-electron chi connectivity index (χ3n) is 6.71. The first kappa shape index (κ1) is 30.3. The number of aryl methyl sites for hydroxylation is 1. The van der Waals surface area contributed by atoms with Crippen molar-refractivity contribution in [2.24, 2.45) is 4.99 Å². The fourth-order valence-corrected chi connectivity index (χ4v) is 7.44. The summed E-state index contributed by atoms with van der Waals surface area (Å²) in [6, 6.07) is 20.2. The minimum absolute atomic E-state index is 0.189. The summed E-state index contributed by atoms with van der Waals surface area (Å²) in [5, 5.41) is 1.12. The Hall–Kier alpha value is -3.71. The molecule has 0 fully saturated rings. The Morgan fingerprint density at radius 2 is 1.93 bits per heavy atom. The van der Waals surface area contributed by atoms with Crippen LogP contribution in [0.1, 0.15) is 35.5 Å². The van der Waals surface area contributed by atoms with E-state index < -0.39 is 12.0 Å². The molecule has 2 aromatic carbocycles. The van der Waals surface area contributed by atoms with Crippen LogP contribution in [-0.2, 0) is 9.53 Å². The third-order valence-corrected chi connectivity index (χ3v) is 10.2. The van der Waals surface area contributed by atoms with Crippen LogP contribution < -0.4 is 14.9 Å². The lowest BCUT2D eigenvalue weighted by atomic mass is 9.93. The Morgan fingerprint density at radius 3 is 2.64 bits per heavy atom. The molecule has 0 aliphatic carbocycles. The van der Waals surface area contributed by atoms with Crippen LogP contribution in [0.4, 0.5) is 0 Å². The van der Waals surface area contributed by atoms with E-state index in [1.54, 1.807) is 41.6 Å². The second-order valence-corrected chi connectivity index (χ2v) is 13.3. The molecule has 5 aromatic rings. The zero-order valence-corrected chi connectivity index (χ0v) is 27.9. The van der Waals surface area contributed by atoms with Crippen LogP contribution in [-0.4, -0.2) is 33.4 Å². The lowest BCUT2D eigenvalue weighted by Crippen LogP contribution is -2.40. The second kappa shape index (κ2) is 13.1. The molecular formula is C32H25BrN4O4S3. The lowest BCUT2D eigenvalue weighted by Gasteiger charge is -2.26. The van der Waals surface area contributed by atoms with Crippen molar-refractivity contribution < 1.29 is 13.9 Å². The van der Waals surface area contributed by atoms with Gasteiger partial charge in [0.1, 0.15) is 5.76 Å². The highest BCUT2D eigenvalue weighted by atomic mass is 79.9. The fourth-order valence-electron chi connectivity index (χ4n) is 4.74. The van der Waals surface area contributed by atoms with Gasteiger partial charge in [0.15, 0.2) is 15.1 Å². The molecule has 1 aliphatic rings. The van der Waals surface area contributed by atoms with E-state index in [0.29, 0.717) is 41.1 Å². The van der Waals surface area contributed by atoms with Gasteiger partial charge in [-0.05, 0) is 77.6 Å². The van der Waals surface area contributed by atoms with Gasteiger partial charge in [-0.15, -0.1) is 11.8 Å². The first-order valence-corrected chi connectivity index (χ1v) is 17.2. The summed E-state index contributed by atoms with van der Waals surface area (Å²) >= 11 is 7.70. The molecule has 0 saturated carbocycles. The van der Waals surface area contributed by atoms with Gasteiger partial charge in [0, 0.05) is 28.4 Å². The number of ether oxygens (including phenoxy) is 1. The molecule has 12 heteroatoms. The number of carbonyl (C=O) groups excluding carboxylic acids is 1. The number of thioether (sulfide) groups is 1. The molecule has 3 aromatic heterocycles. The zero-order chi connectivity index (χ0) is 30.8. The zero-order valence-electron chi connectivity index (χ0n) is 23.8. The van der Waals surface area contributed by atoms with Gasteiger partial charge in [-0.25, -0.2) is 19.8 Å². The summed E-state index contributed by atoms with van der Waals surface area (Å²) in [6.45, 7) is 3.85. The van der Waals surface area contributed by atoms with Crippen molar-refractivity contribution in [3.8, 4) is 0 Å². The Morgan fingerprint density at radius 1 is 1.16 bits per heavy atom. The van der Waals surface area contributed by atoms with E-state index in [-0.39, 0.29) is 12.2 Å². The molecule has 0 spiro atoms. The van der Waals surface area contributed by atoms with Crippen molar-refractivity contribution in [2.45, 2.75) is 35.0 Å². The second-order valence-electron chi connectivity index (χ2n) is 9.57. The van der Waals surface area contributed by atoms with Crippen molar-refractivity contribution in [1.29, 1.82) is 0 Å². The molecule has 8 nitrogen and oxygen atoms in total. The lowest BCUT2D eigenvalue weighted by molar-refractivity contribution is -0.138. The maximum Gasteiger partial charge on any atom is 0.338 e. The summed E-state index contributed by atoms with van der Waals surface area (Å²) in [4.78, 5) is 42.9. The average Bonchev–Trinajstić information content (AvgIpc) is 3.53. The van der Waals surface area contributed by atoms with Crippen molar-refractivity contribution in [2.75, 3.05) is 12.9 Å². The standard InChI is InChI=1S/C32H25BrN4O4S3/c1-4-40-29(39)25-26(19-8-6-5-7-9-19)36-32-37(27(25)20-10-12-22(42-3)13-11-20)28(38)24(43-32)17-21-16-23(33)30(41-21)44-31-34-15-14-18(2)35-31/h5-17,27H,4H2,1-3H3/b24-17+/t27-/m0/s1. The van der Waals surface area contributed by atoms with Crippen molar-refractivity contribution in [3.05, 3.63) is 125 Å². The van der Waals surface area contributed by atoms with Crippen LogP contribution >= 0.6 is 50.8 Å². The van der Waals surface area contributed by atoms with Crippen molar-refractivity contribution >= 4 is 68.5 Å². The van der Waals surface area contributed by atoms with E-state index in [9.17, 15) is 9.59 Å². The topological polar surface area (TPSA) is 99.6 Å². The van der Waals surface area contributed by atoms with Gasteiger partial charge in [-0.2, -0.15) is 0 Å². The number of fused-ring (bicyclic) bond motifs is 1. The predicted molar refractivity (Wildman–Crippen MR) is 177 cm³/mol. The number of hydrogen-bond donors (Lipinski definition) is 0. The largest absolute Gasteiger partial charge is 0.463 e. The molecule has 0 bridgehead atoms. The number of halogens is 1. The normalized spacial score (nSPS) is 14.8. The van der Waals surface area contributed by atoms with Crippen LogP contribution in [0, 0.1) is 6.92 Å². The molecule has 0 saturated heterocycles. The predicted octanol–water partition coefficient (Wildman–Crippen LogP) is 6.26. The summed E-state index contributed by atoms with van der Waals surface area (Å²) in [6.07, 6.45) is 5.39. The maximum absolute atomic E-state index is 14.1. The van der Waals surface area contributed by atoms with E-state index in [1.807, 2.05) is 73.8 Å². The molecule has 6 rings (SSSR count). The quantitative estimate of drug-likeness (QED) is 0.106. The number of benzene rings is 2. The molecule has 0 N–H and O–H groups in total. The SMILES string of the molecule is CCOC(=O)C1=C(c2ccccc2)N=c2s/c(=C/c3cc(Br)c(Sc4nccc(C)n4)o3)c(=O)n2[C@H]1c1ccc(SC)cc1. The molecule has 0 amide bonds. The van der Waals surface area contributed by atoms with Gasteiger partial charge in [-0.3, -0.25) is 9.36 Å². The first-order chi connectivity index (χ1) is 21.4. The number of thiazole rings is 1. The van der Waals surface area contributed by atoms with Gasteiger partial charge in [0.2, 0.25) is 0 Å². The van der Waals surface area contributed by atoms with Crippen LogP contribution in [0.15, 0.2) is 112 Å². The van der Waals surface area contributed by atoms with Crippen LogP contribution in [0.3, 0.4) is 0 Å². The van der Waals surface area contributed by atoms with Crippen molar-refractivity contribution in [1.82, 2.24) is 14.5 Å². The van der Waals surface area contributed by atoms with Crippen LogP contribution in [0.2, 0.25) is 0 Å². The van der Waals surface area contributed by atoms with E-state index in [4.69, 9.17) is 14.1 Å². The van der Waals surface area contributed by atoms with Gasteiger partial charge >= 0.3 is 5.97 Å². The molecule has 0 radical (unpaired) electrons. The molecule has 1 aliphatic heterocycles. The molecule has 44 heavy (non-hydrogen) atoms. The Bertz CT molecular complexity index is 2070. The van der Waals surface area contributed by atoms with Crippen molar-refractivity contribution in [3.63, 3.8) is 0 Å².